The molecule has 1 aliphatic carbocycles. The van der Waals surface area contributed by atoms with Crippen molar-refractivity contribution in [2.45, 2.75) is 32.2 Å². The Bertz CT molecular complexity index is 634. The Kier molecular flexibility index (Phi) is 5.37. The van der Waals surface area contributed by atoms with Gasteiger partial charge in [-0.25, -0.2) is 13.1 Å². The highest BCUT2D eigenvalue weighted by molar-refractivity contribution is 7.89. The number of benzene rings is 1. The predicted octanol–water partition coefficient (Wildman–Crippen LogP) is 2.59. The van der Waals surface area contributed by atoms with Gasteiger partial charge in [0.2, 0.25) is 15.9 Å². The van der Waals surface area contributed by atoms with Crippen LogP contribution in [0.5, 0.6) is 0 Å². The minimum absolute atomic E-state index is 0.0381. The molecule has 0 bridgehead atoms. The van der Waals surface area contributed by atoms with Crippen molar-refractivity contribution in [1.82, 2.24) is 4.72 Å². The van der Waals surface area contributed by atoms with Crippen LogP contribution in [-0.2, 0) is 14.8 Å². The van der Waals surface area contributed by atoms with Gasteiger partial charge in [0, 0.05) is 17.6 Å². The second kappa shape index (κ2) is 7.07. The van der Waals surface area contributed by atoms with Crippen LogP contribution in [0.3, 0.4) is 0 Å². The standard InChI is InChI=1S/C16H22N2O3S/c1-3-4-11-22(20,21)18-12(2)13-7-9-15(10-8-13)17-16(19)14-5-6-14/h3,7-10,12,14,18H,1,4-6,11H2,2H3,(H,17,19). The number of rotatable bonds is 8. The normalized spacial score (nSPS) is 16.0. The molecule has 1 aromatic rings. The Hall–Kier alpha value is -1.66. The summed E-state index contributed by atoms with van der Waals surface area (Å²) in [6.07, 6.45) is 3.94. The highest BCUT2D eigenvalue weighted by Gasteiger charge is 2.29. The van der Waals surface area contributed by atoms with Crippen LogP contribution in [0, 0.1) is 5.92 Å². The van der Waals surface area contributed by atoms with E-state index in [1.165, 1.54) is 0 Å². The van der Waals surface area contributed by atoms with E-state index in [-0.39, 0.29) is 23.6 Å². The molecule has 6 heteroatoms. The summed E-state index contributed by atoms with van der Waals surface area (Å²) in [6.45, 7) is 5.32. The molecule has 0 saturated heterocycles. The average Bonchev–Trinajstić information content (AvgIpc) is 3.30. The molecule has 120 valence electrons. The number of allylic oxidation sites excluding steroid dienone is 1. The fraction of sp³-hybridized carbons (Fsp3) is 0.438. The maximum Gasteiger partial charge on any atom is 0.227 e. The van der Waals surface area contributed by atoms with Crippen LogP contribution in [0.1, 0.15) is 37.8 Å². The summed E-state index contributed by atoms with van der Waals surface area (Å²) in [4.78, 5) is 11.7. The van der Waals surface area contributed by atoms with Gasteiger partial charge in [0.15, 0.2) is 0 Å². The lowest BCUT2D eigenvalue weighted by molar-refractivity contribution is -0.117. The van der Waals surface area contributed by atoms with Crippen LogP contribution in [0.15, 0.2) is 36.9 Å². The van der Waals surface area contributed by atoms with Gasteiger partial charge in [0.25, 0.3) is 0 Å². The molecule has 0 heterocycles. The zero-order valence-corrected chi connectivity index (χ0v) is 13.5. The molecular weight excluding hydrogens is 300 g/mol. The van der Waals surface area contributed by atoms with E-state index < -0.39 is 10.0 Å². The lowest BCUT2D eigenvalue weighted by atomic mass is 10.1. The quantitative estimate of drug-likeness (QED) is 0.722. The van der Waals surface area contributed by atoms with Crippen molar-refractivity contribution in [3.05, 3.63) is 42.5 Å². The Morgan fingerprint density at radius 1 is 1.36 bits per heavy atom. The number of nitrogens with one attached hydrogen (secondary N) is 2. The number of amides is 1. The van der Waals surface area contributed by atoms with Crippen molar-refractivity contribution in [2.75, 3.05) is 11.1 Å². The maximum atomic E-state index is 11.9. The summed E-state index contributed by atoms with van der Waals surface area (Å²) < 4.78 is 26.3. The van der Waals surface area contributed by atoms with Crippen molar-refractivity contribution in [3.63, 3.8) is 0 Å². The molecule has 0 aliphatic heterocycles. The van der Waals surface area contributed by atoms with Crippen LogP contribution >= 0.6 is 0 Å². The van der Waals surface area contributed by atoms with Gasteiger partial charge in [-0.1, -0.05) is 18.2 Å². The Morgan fingerprint density at radius 2 is 2.00 bits per heavy atom. The summed E-state index contributed by atoms with van der Waals surface area (Å²) in [5.41, 5.74) is 1.59. The van der Waals surface area contributed by atoms with Crippen LogP contribution in [0.4, 0.5) is 5.69 Å². The van der Waals surface area contributed by atoms with Crippen molar-refractivity contribution in [2.24, 2.45) is 5.92 Å². The Balaban J connectivity index is 1.94. The summed E-state index contributed by atoms with van der Waals surface area (Å²) in [5.74, 6) is 0.261. The number of carbonyl (C=O) groups excluding carboxylic acids is 1. The molecule has 5 nitrogen and oxygen atoms in total. The molecule has 1 aliphatic rings. The van der Waals surface area contributed by atoms with E-state index in [9.17, 15) is 13.2 Å². The van der Waals surface area contributed by atoms with E-state index >= 15 is 0 Å². The van der Waals surface area contributed by atoms with Gasteiger partial charge in [-0.3, -0.25) is 4.79 Å². The molecule has 1 amide bonds. The Labute approximate surface area is 131 Å². The van der Waals surface area contributed by atoms with Gasteiger partial charge >= 0.3 is 0 Å². The zero-order chi connectivity index (χ0) is 16.2. The second-order valence-electron chi connectivity index (χ2n) is 5.62. The molecule has 1 aromatic carbocycles. The molecule has 1 atom stereocenters. The van der Waals surface area contributed by atoms with E-state index in [1.807, 2.05) is 12.1 Å². The van der Waals surface area contributed by atoms with Gasteiger partial charge < -0.3 is 5.32 Å². The molecule has 0 radical (unpaired) electrons. The number of carbonyl (C=O) groups is 1. The second-order valence-corrected chi connectivity index (χ2v) is 7.49. The molecule has 2 N–H and O–H groups in total. The fourth-order valence-electron chi connectivity index (χ4n) is 2.08. The lowest BCUT2D eigenvalue weighted by Crippen LogP contribution is -2.29. The first-order chi connectivity index (χ1) is 10.4. The van der Waals surface area contributed by atoms with E-state index in [0.717, 1.165) is 24.1 Å². The third-order valence-electron chi connectivity index (χ3n) is 3.57. The van der Waals surface area contributed by atoms with Gasteiger partial charge in [0.05, 0.1) is 5.75 Å². The smallest absolute Gasteiger partial charge is 0.227 e. The largest absolute Gasteiger partial charge is 0.326 e. The highest BCUT2D eigenvalue weighted by atomic mass is 32.2. The van der Waals surface area contributed by atoms with Crippen molar-refractivity contribution in [1.29, 1.82) is 0 Å². The molecule has 0 spiro atoms. The van der Waals surface area contributed by atoms with Crippen LogP contribution in [0.25, 0.3) is 0 Å². The minimum Gasteiger partial charge on any atom is -0.326 e. The molecule has 1 saturated carbocycles. The zero-order valence-electron chi connectivity index (χ0n) is 12.7. The summed E-state index contributed by atoms with van der Waals surface area (Å²) in [5, 5.41) is 2.86. The van der Waals surface area contributed by atoms with Gasteiger partial charge in [-0.05, 0) is 43.9 Å². The van der Waals surface area contributed by atoms with E-state index in [1.54, 1.807) is 25.1 Å². The van der Waals surface area contributed by atoms with E-state index in [2.05, 4.69) is 16.6 Å². The van der Waals surface area contributed by atoms with Crippen molar-refractivity contribution < 1.29 is 13.2 Å². The topological polar surface area (TPSA) is 75.3 Å². The van der Waals surface area contributed by atoms with Gasteiger partial charge in [-0.2, -0.15) is 0 Å². The van der Waals surface area contributed by atoms with Crippen molar-refractivity contribution >= 4 is 21.6 Å². The number of sulfonamides is 1. The maximum absolute atomic E-state index is 11.9. The number of hydrogen-bond acceptors (Lipinski definition) is 3. The average molecular weight is 322 g/mol. The van der Waals surface area contributed by atoms with Crippen LogP contribution in [-0.4, -0.2) is 20.1 Å². The molecular formula is C16H22N2O3S. The first-order valence-electron chi connectivity index (χ1n) is 7.43. The molecule has 1 unspecified atom stereocenters. The van der Waals surface area contributed by atoms with E-state index in [0.29, 0.717) is 6.42 Å². The lowest BCUT2D eigenvalue weighted by Gasteiger charge is -2.15. The first kappa shape index (κ1) is 16.7. The summed E-state index contributed by atoms with van der Waals surface area (Å²) >= 11 is 0. The third kappa shape index (κ3) is 4.96. The summed E-state index contributed by atoms with van der Waals surface area (Å²) in [7, 11) is -3.31. The van der Waals surface area contributed by atoms with Gasteiger partial charge in [-0.15, -0.1) is 6.58 Å². The predicted molar refractivity (Wildman–Crippen MR) is 87.9 cm³/mol. The fourth-order valence-corrected chi connectivity index (χ4v) is 3.35. The van der Waals surface area contributed by atoms with Crippen LogP contribution < -0.4 is 10.0 Å². The minimum atomic E-state index is -3.31. The Morgan fingerprint density at radius 3 is 2.55 bits per heavy atom. The van der Waals surface area contributed by atoms with Gasteiger partial charge in [0.1, 0.15) is 0 Å². The molecule has 2 rings (SSSR count). The molecule has 0 aromatic heterocycles. The van der Waals surface area contributed by atoms with Crippen molar-refractivity contribution in [3.8, 4) is 0 Å². The molecule has 22 heavy (non-hydrogen) atoms. The number of anilines is 1. The monoisotopic (exact) mass is 322 g/mol. The summed E-state index contributed by atoms with van der Waals surface area (Å²) in [6, 6.07) is 6.92. The van der Waals surface area contributed by atoms with E-state index in [4.69, 9.17) is 0 Å². The molecule has 1 fully saturated rings. The van der Waals surface area contributed by atoms with Crippen LogP contribution in [0.2, 0.25) is 0 Å². The highest BCUT2D eigenvalue weighted by Crippen LogP contribution is 2.30. The SMILES string of the molecule is C=CCCS(=O)(=O)NC(C)c1ccc(NC(=O)C2CC2)cc1. The number of hydrogen-bond donors (Lipinski definition) is 2. The third-order valence-corrected chi connectivity index (χ3v) is 5.06. The first-order valence-corrected chi connectivity index (χ1v) is 9.08.